The van der Waals surface area contributed by atoms with Gasteiger partial charge in [0.05, 0.1) is 32.1 Å². The van der Waals surface area contributed by atoms with Gasteiger partial charge in [-0.1, -0.05) is 24.3 Å². The molecule has 0 spiro atoms. The van der Waals surface area contributed by atoms with Crippen LogP contribution in [0.3, 0.4) is 0 Å². The van der Waals surface area contributed by atoms with Crippen molar-refractivity contribution in [2.24, 2.45) is 0 Å². The van der Waals surface area contributed by atoms with Crippen molar-refractivity contribution < 1.29 is 23.8 Å². The third-order valence-corrected chi connectivity index (χ3v) is 5.21. The topological polar surface area (TPSA) is 77.1 Å². The Labute approximate surface area is 192 Å². The molecule has 1 heterocycles. The number of amides is 2. The van der Waals surface area contributed by atoms with Gasteiger partial charge in [-0.05, 0) is 61.0 Å². The zero-order chi connectivity index (χ0) is 23.4. The predicted octanol–water partition coefficient (Wildman–Crippen LogP) is 4.50. The van der Waals surface area contributed by atoms with Crippen LogP contribution in [-0.4, -0.2) is 32.6 Å². The summed E-state index contributed by atoms with van der Waals surface area (Å²) in [7, 11) is 3.06. The summed E-state index contributed by atoms with van der Waals surface area (Å²) in [6.45, 7) is 2.47. The fourth-order valence-electron chi connectivity index (χ4n) is 3.66. The number of nitrogens with zero attached hydrogens (tertiary/aromatic N) is 1. The van der Waals surface area contributed by atoms with Crippen LogP contribution in [0.5, 0.6) is 17.2 Å². The molecule has 0 saturated heterocycles. The number of benzene rings is 3. The van der Waals surface area contributed by atoms with E-state index in [1.807, 2.05) is 13.0 Å². The number of para-hydroxylation sites is 1. The highest BCUT2D eigenvalue weighted by atomic mass is 16.5. The molecule has 4 rings (SSSR count). The maximum Gasteiger partial charge on any atom is 0.282 e. The Hall–Kier alpha value is -4.26. The minimum Gasteiger partial charge on any atom is -0.494 e. The van der Waals surface area contributed by atoms with E-state index in [-0.39, 0.29) is 11.3 Å². The minimum absolute atomic E-state index is 0.181. The molecule has 3 aromatic rings. The van der Waals surface area contributed by atoms with E-state index in [0.29, 0.717) is 35.0 Å². The molecular formula is C26H24N2O5. The van der Waals surface area contributed by atoms with E-state index < -0.39 is 11.8 Å². The molecule has 0 unspecified atom stereocenters. The van der Waals surface area contributed by atoms with Gasteiger partial charge in [0.2, 0.25) is 0 Å². The van der Waals surface area contributed by atoms with Crippen LogP contribution >= 0.6 is 0 Å². The highest BCUT2D eigenvalue weighted by Gasteiger charge is 2.40. The van der Waals surface area contributed by atoms with Crippen LogP contribution < -0.4 is 24.4 Å². The maximum atomic E-state index is 13.5. The second-order valence-corrected chi connectivity index (χ2v) is 7.18. The molecule has 0 aromatic heterocycles. The summed E-state index contributed by atoms with van der Waals surface area (Å²) in [6, 6.07) is 21.2. The van der Waals surface area contributed by atoms with E-state index in [9.17, 15) is 9.59 Å². The van der Waals surface area contributed by atoms with Crippen LogP contribution in [0.1, 0.15) is 12.5 Å². The number of carbonyl (C=O) groups excluding carboxylic acids is 2. The van der Waals surface area contributed by atoms with Crippen LogP contribution in [0.4, 0.5) is 11.4 Å². The first-order valence-corrected chi connectivity index (χ1v) is 10.5. The van der Waals surface area contributed by atoms with Crippen LogP contribution in [0.2, 0.25) is 0 Å². The van der Waals surface area contributed by atoms with Crippen molar-refractivity contribution in [2.75, 3.05) is 31.0 Å². The van der Waals surface area contributed by atoms with E-state index >= 15 is 0 Å². The second-order valence-electron chi connectivity index (χ2n) is 7.18. The molecule has 168 valence electrons. The monoisotopic (exact) mass is 444 g/mol. The van der Waals surface area contributed by atoms with Gasteiger partial charge in [-0.15, -0.1) is 0 Å². The Bertz CT molecular complexity index is 1200. The van der Waals surface area contributed by atoms with Crippen LogP contribution in [0, 0.1) is 0 Å². The molecule has 3 aromatic carbocycles. The summed E-state index contributed by atoms with van der Waals surface area (Å²) in [5.74, 6) is 0.842. The quantitative estimate of drug-likeness (QED) is 0.516. The first-order chi connectivity index (χ1) is 16.1. The molecule has 0 radical (unpaired) electrons. The SMILES string of the molecule is CCOc1ccc(NC2=C(c3ccc(OC)c(OC)c3)C(=O)N(c3ccccc3)C2=O)cc1. The molecule has 1 aliphatic rings. The number of rotatable bonds is 8. The zero-order valence-electron chi connectivity index (χ0n) is 18.6. The second kappa shape index (κ2) is 9.48. The van der Waals surface area contributed by atoms with Crippen molar-refractivity contribution in [1.82, 2.24) is 0 Å². The van der Waals surface area contributed by atoms with Crippen molar-refractivity contribution in [2.45, 2.75) is 6.92 Å². The average Bonchev–Trinajstić information content (AvgIpc) is 3.09. The summed E-state index contributed by atoms with van der Waals surface area (Å²) in [4.78, 5) is 28.2. The van der Waals surface area contributed by atoms with E-state index in [1.54, 1.807) is 66.7 Å². The van der Waals surface area contributed by atoms with Crippen molar-refractivity contribution in [3.63, 3.8) is 0 Å². The average molecular weight is 444 g/mol. The molecule has 7 heteroatoms. The number of hydrogen-bond donors (Lipinski definition) is 1. The lowest BCUT2D eigenvalue weighted by Crippen LogP contribution is -2.32. The zero-order valence-corrected chi connectivity index (χ0v) is 18.6. The maximum absolute atomic E-state index is 13.5. The first kappa shape index (κ1) is 22.0. The molecule has 2 amide bonds. The molecular weight excluding hydrogens is 420 g/mol. The highest BCUT2D eigenvalue weighted by molar-refractivity contribution is 6.46. The number of imide groups is 1. The summed E-state index contributed by atoms with van der Waals surface area (Å²) < 4.78 is 16.2. The van der Waals surface area contributed by atoms with Gasteiger partial charge in [-0.2, -0.15) is 0 Å². The molecule has 7 nitrogen and oxygen atoms in total. The largest absolute Gasteiger partial charge is 0.494 e. The number of nitrogens with one attached hydrogen (secondary N) is 1. The van der Waals surface area contributed by atoms with Crippen LogP contribution in [-0.2, 0) is 9.59 Å². The van der Waals surface area contributed by atoms with Crippen molar-refractivity contribution >= 4 is 28.8 Å². The van der Waals surface area contributed by atoms with Gasteiger partial charge in [-0.3, -0.25) is 9.59 Å². The predicted molar refractivity (Wildman–Crippen MR) is 127 cm³/mol. The number of carbonyl (C=O) groups is 2. The molecule has 1 N–H and O–H groups in total. The fraction of sp³-hybridized carbons (Fsp3) is 0.154. The van der Waals surface area contributed by atoms with E-state index in [2.05, 4.69) is 5.32 Å². The van der Waals surface area contributed by atoms with Crippen molar-refractivity contribution in [3.8, 4) is 17.2 Å². The van der Waals surface area contributed by atoms with Gasteiger partial charge in [0.25, 0.3) is 11.8 Å². The van der Waals surface area contributed by atoms with Gasteiger partial charge in [-0.25, -0.2) is 4.90 Å². The molecule has 0 bridgehead atoms. The number of anilines is 2. The summed E-state index contributed by atoms with van der Waals surface area (Å²) in [5.41, 5.74) is 2.12. The molecule has 0 saturated carbocycles. The van der Waals surface area contributed by atoms with Crippen molar-refractivity contribution in [1.29, 1.82) is 0 Å². The lowest BCUT2D eigenvalue weighted by atomic mass is 10.0. The molecule has 0 fully saturated rings. The van der Waals surface area contributed by atoms with E-state index in [0.717, 1.165) is 5.75 Å². The lowest BCUT2D eigenvalue weighted by molar-refractivity contribution is -0.120. The third-order valence-electron chi connectivity index (χ3n) is 5.21. The Morgan fingerprint density at radius 1 is 0.818 bits per heavy atom. The minimum atomic E-state index is -0.440. The van der Waals surface area contributed by atoms with Gasteiger partial charge < -0.3 is 19.5 Å². The standard InChI is InChI=1S/C26H24N2O5/c1-4-33-20-13-11-18(12-14-20)27-24-23(17-10-15-21(31-2)22(16-17)32-3)25(29)28(26(24)30)19-8-6-5-7-9-19/h5-16,27H,4H2,1-3H3. The van der Waals surface area contributed by atoms with E-state index in [4.69, 9.17) is 14.2 Å². The van der Waals surface area contributed by atoms with Gasteiger partial charge in [0.15, 0.2) is 11.5 Å². The van der Waals surface area contributed by atoms with Crippen LogP contribution in [0.15, 0.2) is 78.5 Å². The Balaban J connectivity index is 1.80. The Morgan fingerprint density at radius 3 is 2.15 bits per heavy atom. The number of hydrogen-bond acceptors (Lipinski definition) is 6. The normalized spacial score (nSPS) is 13.4. The fourth-order valence-corrected chi connectivity index (χ4v) is 3.66. The van der Waals surface area contributed by atoms with Gasteiger partial charge in [0.1, 0.15) is 11.4 Å². The first-order valence-electron chi connectivity index (χ1n) is 10.5. The highest BCUT2D eigenvalue weighted by Crippen LogP contribution is 2.37. The van der Waals surface area contributed by atoms with Gasteiger partial charge >= 0.3 is 0 Å². The van der Waals surface area contributed by atoms with Gasteiger partial charge in [0, 0.05) is 5.69 Å². The summed E-state index contributed by atoms with van der Waals surface area (Å²) >= 11 is 0. The number of ether oxygens (including phenoxy) is 3. The molecule has 1 aliphatic heterocycles. The van der Waals surface area contributed by atoms with Crippen LogP contribution in [0.25, 0.3) is 5.57 Å². The molecule has 0 aliphatic carbocycles. The smallest absolute Gasteiger partial charge is 0.282 e. The summed E-state index contributed by atoms with van der Waals surface area (Å²) in [6.07, 6.45) is 0. The Morgan fingerprint density at radius 2 is 1.52 bits per heavy atom. The van der Waals surface area contributed by atoms with Crippen molar-refractivity contribution in [3.05, 3.63) is 84.1 Å². The molecule has 33 heavy (non-hydrogen) atoms. The third kappa shape index (κ3) is 4.25. The summed E-state index contributed by atoms with van der Waals surface area (Å²) in [5, 5.41) is 3.14. The number of methoxy groups -OCH3 is 2. The Kier molecular flexibility index (Phi) is 6.31. The molecule has 0 atom stereocenters. The van der Waals surface area contributed by atoms with E-state index in [1.165, 1.54) is 19.1 Å². The lowest BCUT2D eigenvalue weighted by Gasteiger charge is -2.15.